The number of aliphatic hydroxyl groups excluding tert-OH is 1. The Kier molecular flexibility index (Phi) is 4.72. The van der Waals surface area contributed by atoms with Crippen LogP contribution in [0, 0.1) is 5.92 Å². The second-order valence-corrected chi connectivity index (χ2v) is 2.38. The molecular weight excluding hydrogens is 114 g/mol. The third kappa shape index (κ3) is 2.82. The van der Waals surface area contributed by atoms with Crippen molar-refractivity contribution < 1.29 is 5.11 Å². The van der Waals surface area contributed by atoms with Gasteiger partial charge in [0.1, 0.15) is 0 Å². The molecule has 0 aliphatic carbocycles. The molecule has 9 heavy (non-hydrogen) atoms. The lowest BCUT2D eigenvalue weighted by atomic mass is 9.97. The van der Waals surface area contributed by atoms with E-state index in [4.69, 9.17) is 5.73 Å². The quantitative estimate of drug-likeness (QED) is 0.591. The predicted octanol–water partition coefficient (Wildman–Crippen LogP) is 0.742. The summed E-state index contributed by atoms with van der Waals surface area (Å²) in [6, 6.07) is 0. The van der Waals surface area contributed by atoms with Crippen molar-refractivity contribution in [3.63, 3.8) is 0 Å². The lowest BCUT2D eigenvalue weighted by Crippen LogP contribution is -2.27. The van der Waals surface area contributed by atoms with Crippen LogP contribution in [0.1, 0.15) is 26.7 Å². The van der Waals surface area contributed by atoms with Gasteiger partial charge >= 0.3 is 0 Å². The molecule has 0 unspecified atom stereocenters. The van der Waals surface area contributed by atoms with E-state index in [1.54, 1.807) is 0 Å². The van der Waals surface area contributed by atoms with E-state index in [2.05, 4.69) is 13.8 Å². The minimum atomic E-state index is -0.292. The van der Waals surface area contributed by atoms with Gasteiger partial charge in [-0.05, 0) is 5.92 Å². The highest BCUT2D eigenvalue weighted by atomic mass is 16.3. The Morgan fingerprint density at radius 3 is 1.89 bits per heavy atom. The first kappa shape index (κ1) is 8.92. The van der Waals surface area contributed by atoms with Gasteiger partial charge in [0.25, 0.3) is 0 Å². The van der Waals surface area contributed by atoms with E-state index in [9.17, 15) is 5.11 Å². The molecule has 1 atom stereocenters. The second-order valence-electron chi connectivity index (χ2n) is 2.38. The van der Waals surface area contributed by atoms with E-state index in [0.29, 0.717) is 12.5 Å². The average molecular weight is 131 g/mol. The van der Waals surface area contributed by atoms with Crippen molar-refractivity contribution in [3.8, 4) is 0 Å². The first-order valence-electron chi connectivity index (χ1n) is 3.64. The average Bonchev–Trinajstić information content (AvgIpc) is 1.90. The molecule has 0 heterocycles. The minimum Gasteiger partial charge on any atom is -0.392 e. The molecule has 56 valence electrons. The van der Waals surface area contributed by atoms with Crippen LogP contribution in [0.15, 0.2) is 0 Å². The van der Waals surface area contributed by atoms with Crippen LogP contribution in [0.4, 0.5) is 0 Å². The van der Waals surface area contributed by atoms with Crippen molar-refractivity contribution in [2.75, 3.05) is 6.54 Å². The third-order valence-electron chi connectivity index (χ3n) is 1.83. The number of aliphatic hydroxyl groups is 1. The molecule has 3 N–H and O–H groups in total. The molecule has 0 aliphatic rings. The smallest absolute Gasteiger partial charge is 0.0690 e. The Balaban J connectivity index is 3.50. The zero-order valence-electron chi connectivity index (χ0n) is 6.30. The van der Waals surface area contributed by atoms with E-state index in [1.807, 2.05) is 0 Å². The summed E-state index contributed by atoms with van der Waals surface area (Å²) in [5.74, 6) is 0.398. The van der Waals surface area contributed by atoms with Crippen LogP contribution in [-0.2, 0) is 0 Å². The minimum absolute atomic E-state index is 0.292. The molecule has 2 heteroatoms. The topological polar surface area (TPSA) is 46.2 Å². The van der Waals surface area contributed by atoms with Crippen molar-refractivity contribution in [2.24, 2.45) is 11.7 Å². The molecule has 0 aromatic carbocycles. The SMILES string of the molecule is CCC(CC)[C@@H](O)CN. The molecule has 0 spiro atoms. The summed E-state index contributed by atoms with van der Waals surface area (Å²) < 4.78 is 0. The molecule has 0 amide bonds. The molecule has 2 nitrogen and oxygen atoms in total. The van der Waals surface area contributed by atoms with Crippen LogP contribution in [0.2, 0.25) is 0 Å². The number of nitrogens with two attached hydrogens (primary N) is 1. The molecule has 0 fully saturated rings. The molecule has 0 aromatic rings. The summed E-state index contributed by atoms with van der Waals surface area (Å²) in [4.78, 5) is 0. The van der Waals surface area contributed by atoms with Gasteiger partial charge in [0.05, 0.1) is 6.10 Å². The summed E-state index contributed by atoms with van der Waals surface area (Å²) in [6.45, 7) is 4.55. The van der Waals surface area contributed by atoms with Gasteiger partial charge in [-0.2, -0.15) is 0 Å². The fourth-order valence-corrected chi connectivity index (χ4v) is 1.03. The maximum atomic E-state index is 9.19. The molecule has 0 saturated heterocycles. The van der Waals surface area contributed by atoms with Gasteiger partial charge in [0.15, 0.2) is 0 Å². The standard InChI is InChI=1S/C7H17NO/c1-3-6(4-2)7(9)5-8/h6-7,9H,3-5,8H2,1-2H3/t7-/m0/s1. The zero-order valence-corrected chi connectivity index (χ0v) is 6.30. The van der Waals surface area contributed by atoms with Crippen LogP contribution < -0.4 is 5.73 Å². The lowest BCUT2D eigenvalue weighted by molar-refractivity contribution is 0.110. The van der Waals surface area contributed by atoms with Gasteiger partial charge < -0.3 is 10.8 Å². The summed E-state index contributed by atoms with van der Waals surface area (Å²) in [5, 5.41) is 9.19. The van der Waals surface area contributed by atoms with Crippen LogP contribution in [0.5, 0.6) is 0 Å². The molecule has 0 rings (SSSR count). The highest BCUT2D eigenvalue weighted by Gasteiger charge is 2.12. The maximum absolute atomic E-state index is 9.19. The summed E-state index contributed by atoms with van der Waals surface area (Å²) in [7, 11) is 0. The second kappa shape index (κ2) is 4.77. The monoisotopic (exact) mass is 131 g/mol. The van der Waals surface area contributed by atoms with Gasteiger partial charge in [-0.15, -0.1) is 0 Å². The van der Waals surface area contributed by atoms with Crippen LogP contribution in [0.25, 0.3) is 0 Å². The summed E-state index contributed by atoms with van der Waals surface area (Å²) in [5.41, 5.74) is 5.27. The molecule has 0 bridgehead atoms. The van der Waals surface area contributed by atoms with Gasteiger partial charge in [-0.25, -0.2) is 0 Å². The van der Waals surface area contributed by atoms with Gasteiger partial charge in [0, 0.05) is 6.54 Å². The van der Waals surface area contributed by atoms with Crippen LogP contribution in [-0.4, -0.2) is 17.8 Å². The van der Waals surface area contributed by atoms with Crippen molar-refractivity contribution in [2.45, 2.75) is 32.8 Å². The number of hydrogen-bond donors (Lipinski definition) is 2. The fraction of sp³-hybridized carbons (Fsp3) is 1.00. The molecule has 0 aliphatic heterocycles. The summed E-state index contributed by atoms with van der Waals surface area (Å²) in [6.07, 6.45) is 1.75. The van der Waals surface area contributed by atoms with Gasteiger partial charge in [-0.3, -0.25) is 0 Å². The number of rotatable bonds is 4. The zero-order chi connectivity index (χ0) is 7.28. The van der Waals surface area contributed by atoms with Crippen LogP contribution in [0.3, 0.4) is 0 Å². The highest BCUT2D eigenvalue weighted by Crippen LogP contribution is 2.11. The molecule has 0 saturated carbocycles. The Morgan fingerprint density at radius 1 is 1.33 bits per heavy atom. The van der Waals surface area contributed by atoms with E-state index in [0.717, 1.165) is 12.8 Å². The Morgan fingerprint density at radius 2 is 1.78 bits per heavy atom. The van der Waals surface area contributed by atoms with E-state index < -0.39 is 0 Å². The lowest BCUT2D eigenvalue weighted by Gasteiger charge is -2.17. The van der Waals surface area contributed by atoms with E-state index >= 15 is 0 Å². The first-order valence-corrected chi connectivity index (χ1v) is 3.64. The Hall–Kier alpha value is -0.0800. The fourth-order valence-electron chi connectivity index (χ4n) is 1.03. The van der Waals surface area contributed by atoms with E-state index in [1.165, 1.54) is 0 Å². The highest BCUT2D eigenvalue weighted by molar-refractivity contribution is 4.65. The van der Waals surface area contributed by atoms with Crippen molar-refractivity contribution in [1.82, 2.24) is 0 Å². The van der Waals surface area contributed by atoms with Crippen molar-refractivity contribution in [1.29, 1.82) is 0 Å². The normalized spacial score (nSPS) is 14.3. The predicted molar refractivity (Wildman–Crippen MR) is 39.1 cm³/mol. The summed E-state index contributed by atoms with van der Waals surface area (Å²) >= 11 is 0. The van der Waals surface area contributed by atoms with Crippen LogP contribution >= 0.6 is 0 Å². The molecule has 0 radical (unpaired) electrons. The Bertz CT molecular complexity index is 61.9. The first-order chi connectivity index (χ1) is 4.26. The van der Waals surface area contributed by atoms with Gasteiger partial charge in [0.2, 0.25) is 0 Å². The maximum Gasteiger partial charge on any atom is 0.0690 e. The molecule has 0 aromatic heterocycles. The number of hydrogen-bond acceptors (Lipinski definition) is 2. The van der Waals surface area contributed by atoms with Gasteiger partial charge in [-0.1, -0.05) is 26.7 Å². The third-order valence-corrected chi connectivity index (χ3v) is 1.83. The van der Waals surface area contributed by atoms with Crippen molar-refractivity contribution >= 4 is 0 Å². The largest absolute Gasteiger partial charge is 0.392 e. The Labute approximate surface area is 57.1 Å². The van der Waals surface area contributed by atoms with Crippen molar-refractivity contribution in [3.05, 3.63) is 0 Å². The molecular formula is C7H17NO. The van der Waals surface area contributed by atoms with E-state index in [-0.39, 0.29) is 6.10 Å².